The van der Waals surface area contributed by atoms with Crippen molar-refractivity contribution in [3.63, 3.8) is 0 Å². The van der Waals surface area contributed by atoms with Crippen molar-refractivity contribution in [1.29, 1.82) is 0 Å². The SMILES string of the molecule is CN(C)C.CN(C)C.[Li+]. The van der Waals surface area contributed by atoms with Crippen LogP contribution in [0.3, 0.4) is 0 Å². The van der Waals surface area contributed by atoms with Crippen LogP contribution in [0.15, 0.2) is 0 Å². The molecule has 0 saturated heterocycles. The van der Waals surface area contributed by atoms with Gasteiger partial charge in [-0.3, -0.25) is 0 Å². The zero-order valence-electron chi connectivity index (χ0n) is 7.89. The number of hydrogen-bond acceptors (Lipinski definition) is 2. The Kier molecular flexibility index (Phi) is 20.5. The maximum Gasteiger partial charge on any atom is 1.00 e. The van der Waals surface area contributed by atoms with E-state index in [2.05, 4.69) is 0 Å². The zero-order chi connectivity index (χ0) is 7.15. The Bertz CT molecular complexity index is 26.5. The molecule has 0 unspecified atom stereocenters. The van der Waals surface area contributed by atoms with E-state index < -0.39 is 0 Å². The average molecular weight is 125 g/mol. The molecule has 0 aliphatic rings. The molecule has 0 radical (unpaired) electrons. The summed E-state index contributed by atoms with van der Waals surface area (Å²) in [6, 6.07) is 0. The minimum Gasteiger partial charge on any atom is -0.312 e. The minimum atomic E-state index is 0. The van der Waals surface area contributed by atoms with E-state index in [1.165, 1.54) is 0 Å². The standard InChI is InChI=1S/2C3H9N.Li/c2*1-4(2)3;/h2*1-3H3;/q;;+1. The van der Waals surface area contributed by atoms with E-state index in [1.807, 2.05) is 52.1 Å². The van der Waals surface area contributed by atoms with E-state index in [4.69, 9.17) is 0 Å². The van der Waals surface area contributed by atoms with Crippen LogP contribution in [0.5, 0.6) is 0 Å². The Morgan fingerprint density at radius 2 is 0.556 bits per heavy atom. The smallest absolute Gasteiger partial charge is 0.312 e. The Balaban J connectivity index is -0.0000000720. The molecule has 9 heavy (non-hydrogen) atoms. The Morgan fingerprint density at radius 1 is 0.556 bits per heavy atom. The van der Waals surface area contributed by atoms with Crippen LogP contribution in [0.1, 0.15) is 0 Å². The van der Waals surface area contributed by atoms with Gasteiger partial charge in [0.05, 0.1) is 0 Å². The first-order chi connectivity index (χ1) is 3.46. The monoisotopic (exact) mass is 125 g/mol. The van der Waals surface area contributed by atoms with Crippen LogP contribution < -0.4 is 18.9 Å². The van der Waals surface area contributed by atoms with Crippen molar-refractivity contribution in [2.75, 3.05) is 42.3 Å². The molecule has 0 heterocycles. The molecule has 0 spiro atoms. The van der Waals surface area contributed by atoms with Gasteiger partial charge < -0.3 is 9.80 Å². The molecule has 0 aromatic carbocycles. The van der Waals surface area contributed by atoms with Crippen LogP contribution in [0.25, 0.3) is 0 Å². The van der Waals surface area contributed by atoms with E-state index in [0.29, 0.717) is 0 Å². The van der Waals surface area contributed by atoms with Gasteiger partial charge >= 0.3 is 18.9 Å². The molecular formula is C6H18LiN2+. The van der Waals surface area contributed by atoms with Crippen molar-refractivity contribution in [3.05, 3.63) is 0 Å². The maximum atomic E-state index is 2.00. The zero-order valence-corrected chi connectivity index (χ0v) is 7.89. The summed E-state index contributed by atoms with van der Waals surface area (Å²) in [5.74, 6) is 0. The van der Waals surface area contributed by atoms with Crippen molar-refractivity contribution in [2.24, 2.45) is 0 Å². The van der Waals surface area contributed by atoms with Crippen LogP contribution in [0, 0.1) is 0 Å². The second-order valence-electron chi connectivity index (χ2n) is 2.68. The molecule has 0 rings (SSSR count). The summed E-state index contributed by atoms with van der Waals surface area (Å²) in [6.45, 7) is 0. The number of hydrogen-bond donors (Lipinski definition) is 0. The third-order valence-corrected chi connectivity index (χ3v) is 0. The van der Waals surface area contributed by atoms with Gasteiger partial charge in [0, 0.05) is 0 Å². The molecule has 2 nitrogen and oxygen atoms in total. The van der Waals surface area contributed by atoms with Crippen molar-refractivity contribution >= 4 is 0 Å². The van der Waals surface area contributed by atoms with Gasteiger partial charge in [0.1, 0.15) is 0 Å². The second kappa shape index (κ2) is 11.3. The fourth-order valence-electron chi connectivity index (χ4n) is 0. The van der Waals surface area contributed by atoms with Crippen LogP contribution in [-0.4, -0.2) is 52.1 Å². The van der Waals surface area contributed by atoms with Crippen LogP contribution >= 0.6 is 0 Å². The predicted molar refractivity (Wildman–Crippen MR) is 39.2 cm³/mol. The minimum absolute atomic E-state index is 0. The molecule has 0 aromatic heterocycles. The summed E-state index contributed by atoms with van der Waals surface area (Å²) in [7, 11) is 12.0. The van der Waals surface area contributed by atoms with Crippen molar-refractivity contribution < 1.29 is 18.9 Å². The normalized spacial score (nSPS) is 8.00. The molecule has 52 valence electrons. The van der Waals surface area contributed by atoms with Crippen molar-refractivity contribution in [1.82, 2.24) is 9.80 Å². The fraction of sp³-hybridized carbons (Fsp3) is 1.00. The fourth-order valence-corrected chi connectivity index (χ4v) is 0. The third kappa shape index (κ3) is 1350. The first-order valence-electron chi connectivity index (χ1n) is 2.68. The van der Waals surface area contributed by atoms with Gasteiger partial charge in [0.25, 0.3) is 0 Å². The van der Waals surface area contributed by atoms with Gasteiger partial charge in [-0.1, -0.05) is 0 Å². The molecular weight excluding hydrogens is 107 g/mol. The van der Waals surface area contributed by atoms with Crippen molar-refractivity contribution in [3.8, 4) is 0 Å². The average Bonchev–Trinajstić information content (AvgIpc) is 1.25. The molecule has 0 saturated carbocycles. The predicted octanol–water partition coefficient (Wildman–Crippen LogP) is -2.64. The van der Waals surface area contributed by atoms with Crippen LogP contribution in [0.2, 0.25) is 0 Å². The Morgan fingerprint density at radius 3 is 0.556 bits per heavy atom. The summed E-state index contributed by atoms with van der Waals surface area (Å²) < 4.78 is 0. The third-order valence-electron chi connectivity index (χ3n) is 0. The second-order valence-corrected chi connectivity index (χ2v) is 2.68. The van der Waals surface area contributed by atoms with E-state index >= 15 is 0 Å². The van der Waals surface area contributed by atoms with Gasteiger partial charge in [-0.05, 0) is 42.3 Å². The molecule has 0 N–H and O–H groups in total. The number of nitrogens with zero attached hydrogens (tertiary/aromatic N) is 2. The van der Waals surface area contributed by atoms with Crippen LogP contribution in [0.4, 0.5) is 0 Å². The van der Waals surface area contributed by atoms with Crippen molar-refractivity contribution in [2.45, 2.75) is 0 Å². The van der Waals surface area contributed by atoms with E-state index in [1.54, 1.807) is 0 Å². The summed E-state index contributed by atoms with van der Waals surface area (Å²) in [4.78, 5) is 4.00. The van der Waals surface area contributed by atoms with E-state index in [-0.39, 0.29) is 18.9 Å². The molecule has 0 aliphatic heterocycles. The first-order valence-corrected chi connectivity index (χ1v) is 2.68. The molecule has 0 bridgehead atoms. The summed E-state index contributed by atoms with van der Waals surface area (Å²) in [5, 5.41) is 0. The maximum absolute atomic E-state index is 2.00. The van der Waals surface area contributed by atoms with Gasteiger partial charge in [0.2, 0.25) is 0 Å². The molecule has 3 heteroatoms. The number of rotatable bonds is 0. The Hall–Kier alpha value is 0.517. The van der Waals surface area contributed by atoms with Crippen LogP contribution in [-0.2, 0) is 0 Å². The van der Waals surface area contributed by atoms with Gasteiger partial charge in [0.15, 0.2) is 0 Å². The summed E-state index contributed by atoms with van der Waals surface area (Å²) in [5.41, 5.74) is 0. The van der Waals surface area contributed by atoms with E-state index in [9.17, 15) is 0 Å². The van der Waals surface area contributed by atoms with Gasteiger partial charge in [-0.25, -0.2) is 0 Å². The quantitative estimate of drug-likeness (QED) is 0.327. The molecule has 0 amide bonds. The van der Waals surface area contributed by atoms with Gasteiger partial charge in [-0.15, -0.1) is 0 Å². The topological polar surface area (TPSA) is 6.48 Å². The molecule has 0 fully saturated rings. The Labute approximate surface area is 71.4 Å². The molecule has 0 aliphatic carbocycles. The van der Waals surface area contributed by atoms with Gasteiger partial charge in [-0.2, -0.15) is 0 Å². The molecule has 0 atom stereocenters. The van der Waals surface area contributed by atoms with E-state index in [0.717, 1.165) is 0 Å². The molecule has 0 aromatic rings. The summed E-state index contributed by atoms with van der Waals surface area (Å²) >= 11 is 0. The largest absolute Gasteiger partial charge is 1.00 e. The first kappa shape index (κ1) is 16.3. The summed E-state index contributed by atoms with van der Waals surface area (Å²) in [6.07, 6.45) is 0.